The molecule has 10 nitrogen and oxygen atoms in total. The number of piperidine rings is 1. The molecule has 43 heavy (non-hydrogen) atoms. The van der Waals surface area contributed by atoms with Crippen molar-refractivity contribution < 1.29 is 28.7 Å². The zero-order valence-electron chi connectivity index (χ0n) is 25.2. The number of carbonyl (C=O) groups excluding carboxylic acids is 5. The molecule has 3 N–H and O–H groups in total. The van der Waals surface area contributed by atoms with Crippen molar-refractivity contribution >= 4 is 52.8 Å². The minimum atomic E-state index is -1.20. The molecule has 12 heteroatoms. The van der Waals surface area contributed by atoms with Gasteiger partial charge < -0.3 is 25.6 Å². The lowest BCUT2D eigenvalue weighted by Gasteiger charge is -2.36. The van der Waals surface area contributed by atoms with E-state index in [1.54, 1.807) is 26.0 Å². The first-order valence-corrected chi connectivity index (χ1v) is 16.2. The number of nitrogens with zero attached hydrogens (tertiary/aromatic N) is 1. The lowest BCUT2D eigenvalue weighted by molar-refractivity contribution is -0.144. The number of alkyl carbamates (subject to hydrolysis) is 1. The number of ketones is 1. The highest BCUT2D eigenvalue weighted by atomic mass is 35.5. The van der Waals surface area contributed by atoms with Crippen LogP contribution in [-0.4, -0.2) is 76.2 Å². The zero-order chi connectivity index (χ0) is 31.7. The Morgan fingerprint density at radius 3 is 2.30 bits per heavy atom. The molecule has 2 saturated carbocycles. The highest BCUT2D eigenvalue weighted by Gasteiger charge is 2.74. The Labute approximate surface area is 264 Å². The van der Waals surface area contributed by atoms with Gasteiger partial charge in [0.15, 0.2) is 0 Å². The largest absolute Gasteiger partial charge is 0.447 e. The van der Waals surface area contributed by atoms with Gasteiger partial charge in [-0.15, -0.1) is 36.4 Å². The number of ether oxygens (including phenoxy) is 1. The molecule has 1 saturated heterocycles. The summed E-state index contributed by atoms with van der Waals surface area (Å²) in [6.45, 7) is 11.3. The number of rotatable bonds is 16. The maximum absolute atomic E-state index is 14.1. The van der Waals surface area contributed by atoms with E-state index in [9.17, 15) is 24.0 Å². The van der Waals surface area contributed by atoms with E-state index >= 15 is 0 Å². The summed E-state index contributed by atoms with van der Waals surface area (Å²) in [5.74, 6) is -3.59. The van der Waals surface area contributed by atoms with Crippen LogP contribution in [0.3, 0.4) is 0 Å². The van der Waals surface area contributed by atoms with Crippen LogP contribution in [0.1, 0.15) is 78.1 Å². The van der Waals surface area contributed by atoms with E-state index in [0.717, 1.165) is 44.9 Å². The van der Waals surface area contributed by atoms with Crippen LogP contribution in [0.2, 0.25) is 0 Å². The van der Waals surface area contributed by atoms with E-state index in [1.807, 2.05) is 0 Å². The van der Waals surface area contributed by atoms with Crippen molar-refractivity contribution in [3.05, 3.63) is 25.3 Å². The maximum atomic E-state index is 14.1. The third-order valence-electron chi connectivity index (χ3n) is 8.52. The second-order valence-electron chi connectivity index (χ2n) is 12.0. The topological polar surface area (TPSA) is 134 Å². The van der Waals surface area contributed by atoms with Gasteiger partial charge in [0.2, 0.25) is 17.6 Å². The van der Waals surface area contributed by atoms with Crippen molar-refractivity contribution in [3.63, 3.8) is 0 Å². The van der Waals surface area contributed by atoms with E-state index in [1.165, 1.54) is 4.90 Å². The molecule has 3 fully saturated rings. The van der Waals surface area contributed by atoms with Gasteiger partial charge in [-0.3, -0.25) is 19.2 Å². The van der Waals surface area contributed by atoms with Crippen molar-refractivity contribution in [2.75, 3.05) is 13.1 Å². The molecule has 5 atom stereocenters. The van der Waals surface area contributed by atoms with E-state index in [0.29, 0.717) is 19.4 Å². The van der Waals surface area contributed by atoms with Crippen LogP contribution in [0.25, 0.3) is 0 Å². The van der Waals surface area contributed by atoms with E-state index < -0.39 is 58.0 Å². The van der Waals surface area contributed by atoms with Crippen LogP contribution in [0.5, 0.6) is 0 Å². The third kappa shape index (κ3) is 8.97. The molecule has 3 rings (SSSR count). The standard InChI is InChI=1S/C31H46Cl2N4O6/c1-5-7-9-13-17-34-28(40)26(38)22(16-8-6-2)35-27(39)25-23-21(31(23,32)33)18-37(25)29(41)24(20-14-11-10-12-15-20)36-30(42)43-19(3)4/h5-6,19-25H,1-2,7-18H2,3-4H3,(H,34,40)(H,35,39)(H,36,42). The summed E-state index contributed by atoms with van der Waals surface area (Å²) in [6.07, 6.45) is 9.60. The molecule has 0 bridgehead atoms. The number of halogens is 2. The number of unbranched alkanes of at least 4 members (excludes halogenated alkanes) is 2. The zero-order valence-corrected chi connectivity index (χ0v) is 26.8. The van der Waals surface area contributed by atoms with E-state index in [-0.39, 0.29) is 30.9 Å². The van der Waals surface area contributed by atoms with Crippen LogP contribution in [0, 0.1) is 17.8 Å². The molecule has 0 radical (unpaired) electrons. The van der Waals surface area contributed by atoms with Gasteiger partial charge in [0, 0.05) is 24.9 Å². The van der Waals surface area contributed by atoms with Crippen LogP contribution in [0.15, 0.2) is 25.3 Å². The number of hydrogen-bond donors (Lipinski definition) is 3. The highest BCUT2D eigenvalue weighted by Crippen LogP contribution is 2.65. The van der Waals surface area contributed by atoms with Gasteiger partial charge in [-0.05, 0) is 64.7 Å². The van der Waals surface area contributed by atoms with Gasteiger partial charge >= 0.3 is 6.09 Å². The molecule has 4 amide bonds. The Morgan fingerprint density at radius 1 is 1.00 bits per heavy atom. The lowest BCUT2D eigenvalue weighted by atomic mass is 9.83. The summed E-state index contributed by atoms with van der Waals surface area (Å²) >= 11 is 13.0. The van der Waals surface area contributed by atoms with Gasteiger partial charge in [-0.1, -0.05) is 31.4 Å². The van der Waals surface area contributed by atoms with Gasteiger partial charge in [0.1, 0.15) is 16.4 Å². The van der Waals surface area contributed by atoms with Crippen molar-refractivity contribution in [2.45, 2.75) is 107 Å². The van der Waals surface area contributed by atoms with Crippen LogP contribution >= 0.6 is 23.2 Å². The first-order chi connectivity index (χ1) is 20.4. The molecular formula is C31H46Cl2N4O6. The van der Waals surface area contributed by atoms with Crippen molar-refractivity contribution in [2.24, 2.45) is 17.8 Å². The Hall–Kier alpha value is -2.59. The second-order valence-corrected chi connectivity index (χ2v) is 13.5. The summed E-state index contributed by atoms with van der Waals surface area (Å²) in [6, 6.07) is -3.08. The number of allylic oxidation sites excluding steroid dienone is 2. The minimum Gasteiger partial charge on any atom is -0.447 e. The predicted molar refractivity (Wildman–Crippen MR) is 165 cm³/mol. The maximum Gasteiger partial charge on any atom is 0.408 e. The summed E-state index contributed by atoms with van der Waals surface area (Å²) in [5.41, 5.74) is 0. The number of fused-ring (bicyclic) bond motifs is 1. The summed E-state index contributed by atoms with van der Waals surface area (Å²) in [7, 11) is 0. The fraction of sp³-hybridized carbons (Fsp3) is 0.710. The average molecular weight is 642 g/mol. The van der Waals surface area contributed by atoms with E-state index in [4.69, 9.17) is 27.9 Å². The fourth-order valence-corrected chi connectivity index (χ4v) is 7.03. The van der Waals surface area contributed by atoms with Gasteiger partial charge in [0.25, 0.3) is 5.91 Å². The molecule has 0 aromatic carbocycles. The predicted octanol–water partition coefficient (Wildman–Crippen LogP) is 4.19. The van der Waals surface area contributed by atoms with Crippen LogP contribution in [-0.2, 0) is 23.9 Å². The quantitative estimate of drug-likeness (QED) is 0.100. The summed E-state index contributed by atoms with van der Waals surface area (Å²) in [4.78, 5) is 67.7. The van der Waals surface area contributed by atoms with Crippen LogP contribution < -0.4 is 16.0 Å². The van der Waals surface area contributed by atoms with Gasteiger partial charge in [-0.25, -0.2) is 4.79 Å². The highest BCUT2D eigenvalue weighted by molar-refractivity contribution is 6.51. The van der Waals surface area contributed by atoms with Crippen molar-refractivity contribution in [1.29, 1.82) is 0 Å². The van der Waals surface area contributed by atoms with Gasteiger partial charge in [-0.2, -0.15) is 0 Å². The Morgan fingerprint density at radius 2 is 1.67 bits per heavy atom. The Bertz CT molecular complexity index is 1060. The smallest absolute Gasteiger partial charge is 0.408 e. The Kier molecular flexibility index (Phi) is 12.9. The number of likely N-dealkylation sites (tertiary alicyclic amines) is 1. The number of hydrogen-bond acceptors (Lipinski definition) is 6. The molecule has 1 heterocycles. The number of nitrogens with one attached hydrogen (secondary N) is 3. The first kappa shape index (κ1) is 34.9. The molecular weight excluding hydrogens is 595 g/mol. The van der Waals surface area contributed by atoms with Crippen molar-refractivity contribution in [1.82, 2.24) is 20.9 Å². The molecule has 3 aliphatic rings. The fourth-order valence-electron chi connectivity index (χ4n) is 6.21. The molecule has 0 aromatic heterocycles. The number of alkyl halides is 2. The third-order valence-corrected chi connectivity index (χ3v) is 9.59. The molecule has 0 spiro atoms. The normalized spacial score (nSPS) is 23.8. The van der Waals surface area contributed by atoms with Crippen molar-refractivity contribution in [3.8, 4) is 0 Å². The number of carbonyl (C=O) groups is 5. The van der Waals surface area contributed by atoms with Gasteiger partial charge in [0.05, 0.1) is 12.1 Å². The number of amides is 4. The lowest BCUT2D eigenvalue weighted by Crippen LogP contribution is -2.59. The number of Topliss-reactive ketones (excluding diaryl/α,β-unsaturated/α-hetero) is 1. The molecule has 0 aromatic rings. The molecule has 240 valence electrons. The second kappa shape index (κ2) is 15.9. The van der Waals surface area contributed by atoms with Crippen LogP contribution in [0.4, 0.5) is 4.79 Å². The average Bonchev–Trinajstić information content (AvgIpc) is 3.29. The molecule has 2 aliphatic carbocycles. The monoisotopic (exact) mass is 640 g/mol. The Balaban J connectivity index is 1.78. The molecule has 5 unspecified atom stereocenters. The molecule has 1 aliphatic heterocycles. The minimum absolute atomic E-state index is 0.115. The first-order valence-electron chi connectivity index (χ1n) is 15.4. The van der Waals surface area contributed by atoms with E-state index in [2.05, 4.69) is 29.1 Å². The summed E-state index contributed by atoms with van der Waals surface area (Å²) < 4.78 is 4.08. The SMILES string of the molecule is C=CCCCCNC(=O)C(=O)C(CCC=C)NC(=O)C1C2C(CN1C(=O)C(NC(=O)OC(C)C)C1CCCCC1)C2(Cl)Cl. The summed E-state index contributed by atoms with van der Waals surface area (Å²) in [5, 5.41) is 8.10.